The lowest BCUT2D eigenvalue weighted by molar-refractivity contribution is 1.15. The molecule has 2 aromatic heterocycles. The van der Waals surface area contributed by atoms with Crippen molar-refractivity contribution in [3.63, 3.8) is 0 Å². The number of hydrogen-bond acceptors (Lipinski definition) is 7. The summed E-state index contributed by atoms with van der Waals surface area (Å²) in [5.41, 5.74) is 9.86. The molecule has 0 spiro atoms. The lowest BCUT2D eigenvalue weighted by Crippen LogP contribution is -2.11. The average Bonchev–Trinajstić information content (AvgIpc) is 2.47. The number of nitrogens with one attached hydrogen (secondary N) is 2. The van der Waals surface area contributed by atoms with Gasteiger partial charge in [0, 0.05) is 23.3 Å². The Morgan fingerprint density at radius 1 is 1.00 bits per heavy atom. The highest BCUT2D eigenvalue weighted by Gasteiger charge is 2.05. The summed E-state index contributed by atoms with van der Waals surface area (Å²) in [5.74, 6) is 6.48. The van der Waals surface area contributed by atoms with E-state index in [2.05, 4.69) is 25.7 Å². The lowest BCUT2D eigenvalue weighted by atomic mass is 10.2. The van der Waals surface area contributed by atoms with Gasteiger partial charge in [0.15, 0.2) is 0 Å². The van der Waals surface area contributed by atoms with Crippen LogP contribution in [0.4, 0.5) is 23.3 Å². The quantitative estimate of drug-likeness (QED) is 0.421. The zero-order chi connectivity index (χ0) is 13.9. The van der Waals surface area contributed by atoms with Gasteiger partial charge in [-0.1, -0.05) is 6.07 Å². The molecule has 0 bridgehead atoms. The number of rotatable bonds is 3. The van der Waals surface area contributed by atoms with Gasteiger partial charge in [0.1, 0.15) is 11.6 Å². The predicted octanol–water partition coefficient (Wildman–Crippen LogP) is 1.64. The van der Waals surface area contributed by atoms with Gasteiger partial charge in [0.2, 0.25) is 5.95 Å². The zero-order valence-corrected chi connectivity index (χ0v) is 10.5. The topological polar surface area (TPSA) is 115 Å². The molecular weight excluding hydrogens is 254 g/mol. The Kier molecular flexibility index (Phi) is 3.02. The van der Waals surface area contributed by atoms with Gasteiger partial charge in [-0.2, -0.15) is 9.97 Å². The highest BCUT2D eigenvalue weighted by atomic mass is 15.3. The number of pyridine rings is 1. The Bertz CT molecular complexity index is 751. The summed E-state index contributed by atoms with van der Waals surface area (Å²) in [6.07, 6.45) is 1.76. The molecule has 0 aliphatic heterocycles. The van der Waals surface area contributed by atoms with Crippen LogP contribution in [0.3, 0.4) is 0 Å². The smallest absolute Gasteiger partial charge is 0.223 e. The molecule has 0 amide bonds. The Morgan fingerprint density at radius 2 is 1.85 bits per heavy atom. The Hall–Kier alpha value is -2.93. The molecule has 3 rings (SSSR count). The summed E-state index contributed by atoms with van der Waals surface area (Å²) in [6, 6.07) is 11.3. The summed E-state index contributed by atoms with van der Waals surface area (Å²) < 4.78 is 0. The fourth-order valence-corrected chi connectivity index (χ4v) is 1.95. The minimum Gasteiger partial charge on any atom is -0.368 e. The fraction of sp³-hybridized carbons (Fsp3) is 0. The molecule has 100 valence electrons. The first-order valence-electron chi connectivity index (χ1n) is 5.98. The van der Waals surface area contributed by atoms with Crippen LogP contribution in [0.5, 0.6) is 0 Å². The second-order valence-corrected chi connectivity index (χ2v) is 4.14. The van der Waals surface area contributed by atoms with E-state index in [4.69, 9.17) is 11.6 Å². The summed E-state index contributed by atoms with van der Waals surface area (Å²) in [4.78, 5) is 12.4. The molecule has 0 aliphatic rings. The summed E-state index contributed by atoms with van der Waals surface area (Å²) in [5, 5.41) is 4.19. The van der Waals surface area contributed by atoms with E-state index in [9.17, 15) is 0 Å². The van der Waals surface area contributed by atoms with Crippen LogP contribution in [-0.4, -0.2) is 15.0 Å². The van der Waals surface area contributed by atoms with Crippen molar-refractivity contribution >= 4 is 34.2 Å². The second kappa shape index (κ2) is 4.98. The van der Waals surface area contributed by atoms with E-state index in [-0.39, 0.29) is 5.95 Å². The lowest BCUT2D eigenvalue weighted by Gasteiger charge is -2.10. The second-order valence-electron chi connectivity index (χ2n) is 4.14. The Labute approximate surface area is 115 Å². The highest BCUT2D eigenvalue weighted by molar-refractivity contribution is 5.92. The van der Waals surface area contributed by atoms with E-state index in [1.165, 1.54) is 0 Å². The molecule has 7 nitrogen and oxygen atoms in total. The third kappa shape index (κ3) is 2.29. The molecule has 1 aromatic carbocycles. The minimum absolute atomic E-state index is 0.140. The Morgan fingerprint density at radius 3 is 2.70 bits per heavy atom. The standard InChI is InChI=1S/C13H13N7/c14-13-18-11(7-12(19-13)20-15)17-10-5-1-4-9-8(10)3-2-6-16-9/h1-7H,15H2,(H4,14,17,18,19,20). The van der Waals surface area contributed by atoms with E-state index < -0.39 is 0 Å². The maximum atomic E-state index is 5.63. The number of fused-ring (bicyclic) bond motifs is 1. The molecule has 0 aliphatic carbocycles. The van der Waals surface area contributed by atoms with E-state index >= 15 is 0 Å². The molecular formula is C13H13N7. The van der Waals surface area contributed by atoms with E-state index in [1.54, 1.807) is 12.3 Å². The molecule has 20 heavy (non-hydrogen) atoms. The van der Waals surface area contributed by atoms with Crippen molar-refractivity contribution < 1.29 is 0 Å². The maximum absolute atomic E-state index is 5.63. The number of hydrazine groups is 1. The monoisotopic (exact) mass is 267 g/mol. The molecule has 0 saturated heterocycles. The molecule has 0 saturated carbocycles. The van der Waals surface area contributed by atoms with Crippen molar-refractivity contribution in [2.45, 2.75) is 0 Å². The number of nitrogens with zero attached hydrogens (tertiary/aromatic N) is 3. The molecule has 0 unspecified atom stereocenters. The van der Waals surface area contributed by atoms with Crippen LogP contribution in [0.1, 0.15) is 0 Å². The van der Waals surface area contributed by atoms with Gasteiger partial charge in [-0.3, -0.25) is 4.98 Å². The van der Waals surface area contributed by atoms with Crippen molar-refractivity contribution in [1.82, 2.24) is 15.0 Å². The fourth-order valence-electron chi connectivity index (χ4n) is 1.95. The van der Waals surface area contributed by atoms with Gasteiger partial charge in [0.25, 0.3) is 0 Å². The van der Waals surface area contributed by atoms with Gasteiger partial charge in [-0.25, -0.2) is 5.84 Å². The van der Waals surface area contributed by atoms with Crippen molar-refractivity contribution in [3.8, 4) is 0 Å². The van der Waals surface area contributed by atoms with Gasteiger partial charge in [-0.05, 0) is 24.3 Å². The molecule has 0 fully saturated rings. The van der Waals surface area contributed by atoms with Crippen molar-refractivity contribution in [2.24, 2.45) is 5.84 Å². The summed E-state index contributed by atoms with van der Waals surface area (Å²) >= 11 is 0. The third-order valence-corrected chi connectivity index (χ3v) is 2.80. The van der Waals surface area contributed by atoms with Crippen LogP contribution >= 0.6 is 0 Å². The van der Waals surface area contributed by atoms with E-state index in [1.807, 2.05) is 30.3 Å². The molecule has 3 aromatic rings. The zero-order valence-electron chi connectivity index (χ0n) is 10.5. The van der Waals surface area contributed by atoms with Crippen molar-refractivity contribution in [1.29, 1.82) is 0 Å². The number of aromatic nitrogens is 3. The summed E-state index contributed by atoms with van der Waals surface area (Å²) in [7, 11) is 0. The first-order chi connectivity index (χ1) is 9.76. The van der Waals surface area contributed by atoms with Crippen LogP contribution < -0.4 is 22.3 Å². The number of anilines is 4. The van der Waals surface area contributed by atoms with E-state index in [0.717, 1.165) is 16.6 Å². The number of hydrogen-bond donors (Lipinski definition) is 4. The van der Waals surface area contributed by atoms with E-state index in [0.29, 0.717) is 11.6 Å². The van der Waals surface area contributed by atoms with Crippen molar-refractivity contribution in [2.75, 3.05) is 16.5 Å². The molecule has 7 heteroatoms. The predicted molar refractivity (Wildman–Crippen MR) is 79.3 cm³/mol. The van der Waals surface area contributed by atoms with Gasteiger partial charge in [0.05, 0.1) is 5.52 Å². The molecule has 0 atom stereocenters. The van der Waals surface area contributed by atoms with Gasteiger partial charge < -0.3 is 16.5 Å². The molecule has 0 radical (unpaired) electrons. The Balaban J connectivity index is 2.03. The van der Waals surface area contributed by atoms with Gasteiger partial charge in [-0.15, -0.1) is 0 Å². The third-order valence-electron chi connectivity index (χ3n) is 2.80. The van der Waals surface area contributed by atoms with Gasteiger partial charge >= 0.3 is 0 Å². The number of nitrogens with two attached hydrogens (primary N) is 2. The normalized spacial score (nSPS) is 10.4. The van der Waals surface area contributed by atoms with Crippen LogP contribution in [0.2, 0.25) is 0 Å². The van der Waals surface area contributed by atoms with Crippen LogP contribution in [0.15, 0.2) is 42.6 Å². The number of benzene rings is 1. The first-order valence-corrected chi connectivity index (χ1v) is 5.98. The molecule has 2 heterocycles. The van der Waals surface area contributed by atoms with Crippen LogP contribution in [-0.2, 0) is 0 Å². The van der Waals surface area contributed by atoms with Crippen LogP contribution in [0.25, 0.3) is 10.9 Å². The number of nitrogen functional groups attached to an aromatic ring is 2. The summed E-state index contributed by atoms with van der Waals surface area (Å²) in [6.45, 7) is 0. The average molecular weight is 267 g/mol. The minimum atomic E-state index is 0.140. The molecule has 6 N–H and O–H groups in total. The van der Waals surface area contributed by atoms with Crippen LogP contribution in [0, 0.1) is 0 Å². The van der Waals surface area contributed by atoms with Crippen molar-refractivity contribution in [3.05, 3.63) is 42.6 Å². The highest BCUT2D eigenvalue weighted by Crippen LogP contribution is 2.25. The maximum Gasteiger partial charge on any atom is 0.223 e. The first kappa shape index (κ1) is 12.1. The largest absolute Gasteiger partial charge is 0.368 e. The SMILES string of the molecule is NNc1cc(Nc2cccc3ncccc23)nc(N)n1.